The van der Waals surface area contributed by atoms with E-state index in [1.54, 1.807) is 29.3 Å². The first-order valence-electron chi connectivity index (χ1n) is 8.52. The molecule has 1 amide bonds. The Morgan fingerprint density at radius 1 is 1.48 bits per heavy atom. The standard InChI is InChI=1S/C18H20N4O4S/c1-11-19-6-13(27-11)7-26-12-3-4-15-14(5-12)16(22(2)21-15)17(24)20-18(8-23)9-25-10-18/h3-6,23H,7-10H2,1-2H3,(H,20,24). The quantitative estimate of drug-likeness (QED) is 0.663. The molecule has 142 valence electrons. The molecule has 0 aliphatic carbocycles. The number of nitrogens with one attached hydrogen (secondary N) is 1. The highest BCUT2D eigenvalue weighted by atomic mass is 32.1. The highest BCUT2D eigenvalue weighted by Crippen LogP contribution is 2.26. The summed E-state index contributed by atoms with van der Waals surface area (Å²) in [5.41, 5.74) is 0.404. The molecule has 2 N–H and O–H groups in total. The zero-order valence-electron chi connectivity index (χ0n) is 15.1. The van der Waals surface area contributed by atoms with Crippen LogP contribution in [0.4, 0.5) is 0 Å². The van der Waals surface area contributed by atoms with E-state index in [1.807, 2.05) is 25.1 Å². The molecular weight excluding hydrogens is 368 g/mol. The summed E-state index contributed by atoms with van der Waals surface area (Å²) in [5, 5.41) is 18.5. The van der Waals surface area contributed by atoms with Crippen LogP contribution in [0.5, 0.6) is 5.75 Å². The summed E-state index contributed by atoms with van der Waals surface area (Å²) in [5.74, 6) is 0.354. The third kappa shape index (κ3) is 3.41. The zero-order chi connectivity index (χ0) is 19.0. The van der Waals surface area contributed by atoms with Gasteiger partial charge < -0.3 is 19.9 Å². The molecule has 0 spiro atoms. The van der Waals surface area contributed by atoms with Crippen LogP contribution in [0, 0.1) is 6.92 Å². The number of fused-ring (bicyclic) bond motifs is 1. The third-order valence-electron chi connectivity index (χ3n) is 4.51. The monoisotopic (exact) mass is 388 g/mol. The van der Waals surface area contributed by atoms with E-state index in [0.29, 0.717) is 42.2 Å². The Morgan fingerprint density at radius 3 is 2.93 bits per heavy atom. The van der Waals surface area contributed by atoms with E-state index in [-0.39, 0.29) is 12.5 Å². The second-order valence-corrected chi connectivity index (χ2v) is 7.99. The highest BCUT2D eigenvalue weighted by molar-refractivity contribution is 7.11. The maximum absolute atomic E-state index is 12.8. The lowest BCUT2D eigenvalue weighted by Crippen LogP contribution is -2.64. The topological polar surface area (TPSA) is 98.5 Å². The normalized spacial score (nSPS) is 15.5. The summed E-state index contributed by atoms with van der Waals surface area (Å²) in [6.45, 7) is 2.80. The van der Waals surface area contributed by atoms with Gasteiger partial charge in [0.1, 0.15) is 23.6 Å². The number of aryl methyl sites for hydroxylation is 2. The molecule has 3 aromatic rings. The van der Waals surface area contributed by atoms with E-state index in [4.69, 9.17) is 9.47 Å². The fourth-order valence-corrected chi connectivity index (χ4v) is 3.72. The van der Waals surface area contributed by atoms with Gasteiger partial charge in [0.15, 0.2) is 0 Å². The third-order valence-corrected chi connectivity index (χ3v) is 5.39. The van der Waals surface area contributed by atoms with Crippen LogP contribution in [0.3, 0.4) is 0 Å². The first kappa shape index (κ1) is 17.9. The number of nitrogens with zero attached hydrogens (tertiary/aromatic N) is 3. The van der Waals surface area contributed by atoms with Crippen molar-refractivity contribution >= 4 is 28.1 Å². The van der Waals surface area contributed by atoms with Gasteiger partial charge in [0.2, 0.25) is 0 Å². The second-order valence-electron chi connectivity index (χ2n) is 6.67. The average molecular weight is 388 g/mol. The highest BCUT2D eigenvalue weighted by Gasteiger charge is 2.40. The van der Waals surface area contributed by atoms with Crippen LogP contribution >= 0.6 is 11.3 Å². The lowest BCUT2D eigenvalue weighted by molar-refractivity contribution is -0.0920. The Balaban J connectivity index is 1.58. The van der Waals surface area contributed by atoms with Crippen LogP contribution in [-0.2, 0) is 18.4 Å². The van der Waals surface area contributed by atoms with Crippen molar-refractivity contribution in [2.24, 2.45) is 7.05 Å². The smallest absolute Gasteiger partial charge is 0.270 e. The van der Waals surface area contributed by atoms with Gasteiger partial charge in [0.25, 0.3) is 5.91 Å². The lowest BCUT2D eigenvalue weighted by Gasteiger charge is -2.40. The molecule has 27 heavy (non-hydrogen) atoms. The molecule has 1 aliphatic rings. The van der Waals surface area contributed by atoms with Crippen molar-refractivity contribution < 1.29 is 19.4 Å². The van der Waals surface area contributed by atoms with Crippen LogP contribution in [0.15, 0.2) is 24.4 Å². The van der Waals surface area contributed by atoms with Crippen LogP contribution in [0.2, 0.25) is 0 Å². The minimum absolute atomic E-state index is 0.169. The molecule has 3 heterocycles. The predicted molar refractivity (Wildman–Crippen MR) is 100.0 cm³/mol. The largest absolute Gasteiger partial charge is 0.488 e. The van der Waals surface area contributed by atoms with E-state index < -0.39 is 5.54 Å². The predicted octanol–water partition coefficient (Wildman–Crippen LogP) is 1.41. The Kier molecular flexibility index (Phi) is 4.58. The molecule has 0 atom stereocenters. The Morgan fingerprint density at radius 2 is 2.30 bits per heavy atom. The van der Waals surface area contributed by atoms with Gasteiger partial charge >= 0.3 is 0 Å². The summed E-state index contributed by atoms with van der Waals surface area (Å²) in [4.78, 5) is 18.1. The number of thiazole rings is 1. The van der Waals surface area contributed by atoms with E-state index in [0.717, 1.165) is 9.88 Å². The number of ether oxygens (including phenoxy) is 2. The van der Waals surface area contributed by atoms with E-state index in [1.165, 1.54) is 0 Å². The number of carbonyl (C=O) groups excluding carboxylic acids is 1. The van der Waals surface area contributed by atoms with E-state index >= 15 is 0 Å². The molecular formula is C18H20N4O4S. The molecule has 1 aliphatic heterocycles. The fourth-order valence-electron chi connectivity index (χ4n) is 3.02. The molecule has 1 aromatic carbocycles. The first-order valence-corrected chi connectivity index (χ1v) is 9.33. The minimum atomic E-state index is -0.716. The van der Waals surface area contributed by atoms with Crippen molar-refractivity contribution in [1.82, 2.24) is 20.1 Å². The first-order chi connectivity index (χ1) is 13.0. The number of aliphatic hydroxyl groups excluding tert-OH is 1. The van der Waals surface area contributed by atoms with Gasteiger partial charge in [-0.3, -0.25) is 9.48 Å². The average Bonchev–Trinajstić information content (AvgIpc) is 3.17. The summed E-state index contributed by atoms with van der Waals surface area (Å²) in [6.07, 6.45) is 1.80. The summed E-state index contributed by atoms with van der Waals surface area (Å²) in [7, 11) is 1.72. The SMILES string of the molecule is Cc1ncc(COc2ccc3nn(C)c(C(=O)NC4(CO)COC4)c3c2)s1. The molecule has 1 saturated heterocycles. The molecule has 2 aromatic heterocycles. The number of carbonyl (C=O) groups is 1. The van der Waals surface area contributed by atoms with E-state index in [2.05, 4.69) is 15.4 Å². The number of hydrogen-bond donors (Lipinski definition) is 2. The molecule has 4 rings (SSSR count). The summed E-state index contributed by atoms with van der Waals surface area (Å²) in [6, 6.07) is 5.47. The van der Waals surface area contributed by atoms with Gasteiger partial charge in [-0.25, -0.2) is 4.98 Å². The van der Waals surface area contributed by atoms with Gasteiger partial charge in [-0.1, -0.05) is 0 Å². The molecule has 9 heteroatoms. The van der Waals surface area contributed by atoms with Crippen molar-refractivity contribution in [1.29, 1.82) is 0 Å². The van der Waals surface area contributed by atoms with Crippen molar-refractivity contribution in [3.05, 3.63) is 40.0 Å². The van der Waals surface area contributed by atoms with Gasteiger partial charge in [-0.05, 0) is 25.1 Å². The number of amides is 1. The Bertz CT molecular complexity index is 987. The number of hydrogen-bond acceptors (Lipinski definition) is 7. The number of benzene rings is 1. The molecule has 0 radical (unpaired) electrons. The van der Waals surface area contributed by atoms with Crippen LogP contribution in [-0.4, -0.2) is 51.1 Å². The second kappa shape index (κ2) is 6.91. The zero-order valence-corrected chi connectivity index (χ0v) is 15.9. The van der Waals surface area contributed by atoms with Crippen LogP contribution < -0.4 is 10.1 Å². The van der Waals surface area contributed by atoms with Crippen LogP contribution in [0.25, 0.3) is 10.9 Å². The van der Waals surface area contributed by atoms with Gasteiger partial charge in [0, 0.05) is 18.6 Å². The molecule has 0 bridgehead atoms. The van der Waals surface area contributed by atoms with Gasteiger partial charge in [0.05, 0.1) is 35.2 Å². The molecule has 1 fully saturated rings. The lowest BCUT2D eigenvalue weighted by atomic mass is 9.98. The molecule has 0 saturated carbocycles. The van der Waals surface area contributed by atoms with Gasteiger partial charge in [-0.15, -0.1) is 11.3 Å². The molecule has 8 nitrogen and oxygen atoms in total. The summed E-state index contributed by atoms with van der Waals surface area (Å²) < 4.78 is 12.5. The Hall–Kier alpha value is -2.49. The van der Waals surface area contributed by atoms with Crippen molar-refractivity contribution in [2.75, 3.05) is 19.8 Å². The molecule has 0 unspecified atom stereocenters. The number of aromatic nitrogens is 3. The summed E-state index contributed by atoms with van der Waals surface area (Å²) >= 11 is 1.59. The fraction of sp³-hybridized carbons (Fsp3) is 0.389. The maximum atomic E-state index is 12.8. The van der Waals surface area contributed by atoms with E-state index in [9.17, 15) is 9.90 Å². The maximum Gasteiger partial charge on any atom is 0.270 e. The van der Waals surface area contributed by atoms with Crippen molar-refractivity contribution in [3.63, 3.8) is 0 Å². The van der Waals surface area contributed by atoms with Crippen molar-refractivity contribution in [2.45, 2.75) is 19.1 Å². The van der Waals surface area contributed by atoms with Crippen LogP contribution in [0.1, 0.15) is 20.4 Å². The Labute approximate surface area is 159 Å². The number of rotatable bonds is 6. The minimum Gasteiger partial charge on any atom is -0.488 e. The van der Waals surface area contributed by atoms with Crippen molar-refractivity contribution in [3.8, 4) is 5.75 Å². The van der Waals surface area contributed by atoms with Gasteiger partial charge in [-0.2, -0.15) is 5.10 Å². The number of aliphatic hydroxyl groups is 1.